The molecule has 7 nitrogen and oxygen atoms in total. The molecular formula is C30H27N3O4S. The third kappa shape index (κ3) is 7.24. The van der Waals surface area contributed by atoms with Gasteiger partial charge in [-0.2, -0.15) is 0 Å². The molecule has 0 saturated carbocycles. The summed E-state index contributed by atoms with van der Waals surface area (Å²) < 4.78 is 5.21. The van der Waals surface area contributed by atoms with Crippen molar-refractivity contribution < 1.29 is 19.1 Å². The molecule has 0 aliphatic rings. The molecular weight excluding hydrogens is 498 g/mol. The normalized spacial score (nSPS) is 11.2. The van der Waals surface area contributed by atoms with E-state index in [1.54, 1.807) is 61.7 Å². The zero-order valence-electron chi connectivity index (χ0n) is 20.9. The Labute approximate surface area is 225 Å². The Kier molecular flexibility index (Phi) is 8.79. The number of rotatable bonds is 9. The molecule has 8 heteroatoms. The fraction of sp³-hybridized carbons (Fsp3) is 0.100. The van der Waals surface area contributed by atoms with Crippen LogP contribution in [0.1, 0.15) is 28.1 Å². The maximum Gasteiger partial charge on any atom is 0.255 e. The Hall–Kier alpha value is -4.56. The van der Waals surface area contributed by atoms with Crippen LogP contribution in [-0.4, -0.2) is 24.8 Å². The first kappa shape index (κ1) is 26.5. The highest BCUT2D eigenvalue weighted by Crippen LogP contribution is 2.37. The zero-order chi connectivity index (χ0) is 26.9. The molecule has 192 valence electrons. The minimum Gasteiger partial charge on any atom is -0.497 e. The van der Waals surface area contributed by atoms with Crippen molar-refractivity contribution in [1.82, 2.24) is 0 Å². The van der Waals surface area contributed by atoms with E-state index >= 15 is 0 Å². The summed E-state index contributed by atoms with van der Waals surface area (Å²) >= 11 is 1.38. The first-order chi connectivity index (χ1) is 18.4. The van der Waals surface area contributed by atoms with Gasteiger partial charge in [0.1, 0.15) is 11.0 Å². The van der Waals surface area contributed by atoms with Crippen LogP contribution in [0.4, 0.5) is 17.1 Å². The Morgan fingerprint density at radius 2 is 1.39 bits per heavy atom. The lowest BCUT2D eigenvalue weighted by molar-refractivity contribution is -0.116. The van der Waals surface area contributed by atoms with Gasteiger partial charge in [0.05, 0.1) is 7.11 Å². The predicted molar refractivity (Wildman–Crippen MR) is 152 cm³/mol. The van der Waals surface area contributed by atoms with Gasteiger partial charge in [0, 0.05) is 34.4 Å². The van der Waals surface area contributed by atoms with Crippen molar-refractivity contribution in [3.05, 3.63) is 114 Å². The van der Waals surface area contributed by atoms with E-state index in [9.17, 15) is 14.4 Å². The number of methoxy groups -OCH3 is 1. The lowest BCUT2D eigenvalue weighted by atomic mass is 10.1. The topological polar surface area (TPSA) is 96.5 Å². The molecule has 0 saturated heterocycles. The molecule has 4 rings (SSSR count). The van der Waals surface area contributed by atoms with E-state index in [1.165, 1.54) is 18.7 Å². The first-order valence-electron chi connectivity index (χ1n) is 11.9. The number of ether oxygens (including phenoxy) is 1. The van der Waals surface area contributed by atoms with Crippen LogP contribution in [-0.2, 0) is 9.59 Å². The van der Waals surface area contributed by atoms with E-state index in [0.717, 1.165) is 10.5 Å². The van der Waals surface area contributed by atoms with E-state index < -0.39 is 5.25 Å². The van der Waals surface area contributed by atoms with Gasteiger partial charge in [-0.3, -0.25) is 14.4 Å². The molecule has 4 aromatic rings. The summed E-state index contributed by atoms with van der Waals surface area (Å²) in [5.41, 5.74) is 3.20. The lowest BCUT2D eigenvalue weighted by Gasteiger charge is -2.18. The lowest BCUT2D eigenvalue weighted by Crippen LogP contribution is -2.19. The van der Waals surface area contributed by atoms with Crippen molar-refractivity contribution in [3.8, 4) is 5.75 Å². The van der Waals surface area contributed by atoms with Crippen molar-refractivity contribution in [2.24, 2.45) is 0 Å². The van der Waals surface area contributed by atoms with Crippen LogP contribution in [0.15, 0.2) is 108 Å². The minimum atomic E-state index is -0.546. The standard InChI is InChI=1S/C30H27N3O4S/c1-20(34)31-23-14-16-24(17-15-23)32-30(36)28(21-8-4-3-5-9-21)38-27-13-7-11-25(19-27)33-29(35)22-10-6-12-26(18-22)37-2/h3-19,28H,1-2H3,(H,31,34)(H,32,36)(H,33,35). The molecule has 3 amide bonds. The summed E-state index contributed by atoms with van der Waals surface area (Å²) in [4.78, 5) is 38.3. The minimum absolute atomic E-state index is 0.163. The largest absolute Gasteiger partial charge is 0.497 e. The van der Waals surface area contributed by atoms with Crippen LogP contribution < -0.4 is 20.7 Å². The van der Waals surface area contributed by atoms with Crippen molar-refractivity contribution in [2.45, 2.75) is 17.1 Å². The third-order valence-electron chi connectivity index (χ3n) is 5.49. The molecule has 0 heterocycles. The van der Waals surface area contributed by atoms with Gasteiger partial charge in [-0.15, -0.1) is 11.8 Å². The first-order valence-corrected chi connectivity index (χ1v) is 12.7. The number of carbonyl (C=O) groups excluding carboxylic acids is 3. The number of amides is 3. The Morgan fingerprint density at radius 1 is 0.711 bits per heavy atom. The molecule has 4 aromatic carbocycles. The average molecular weight is 526 g/mol. The van der Waals surface area contributed by atoms with Gasteiger partial charge in [0.2, 0.25) is 11.8 Å². The van der Waals surface area contributed by atoms with Crippen LogP contribution in [0.2, 0.25) is 0 Å². The van der Waals surface area contributed by atoms with E-state index in [2.05, 4.69) is 16.0 Å². The van der Waals surface area contributed by atoms with Crippen molar-refractivity contribution in [2.75, 3.05) is 23.1 Å². The highest BCUT2D eigenvalue weighted by Gasteiger charge is 2.22. The summed E-state index contributed by atoms with van der Waals surface area (Å²) in [7, 11) is 1.55. The number of carbonyl (C=O) groups is 3. The zero-order valence-corrected chi connectivity index (χ0v) is 21.8. The Bertz CT molecular complexity index is 1430. The number of hydrogen-bond acceptors (Lipinski definition) is 5. The molecule has 0 radical (unpaired) electrons. The van der Waals surface area contributed by atoms with Gasteiger partial charge in [-0.05, 0) is 66.2 Å². The Morgan fingerprint density at radius 3 is 2.08 bits per heavy atom. The molecule has 1 atom stereocenters. The molecule has 0 spiro atoms. The summed E-state index contributed by atoms with van der Waals surface area (Å²) in [6.45, 7) is 1.44. The molecule has 0 aliphatic heterocycles. The molecule has 3 N–H and O–H groups in total. The van der Waals surface area contributed by atoms with E-state index in [-0.39, 0.29) is 17.7 Å². The van der Waals surface area contributed by atoms with Gasteiger partial charge in [0.25, 0.3) is 5.91 Å². The van der Waals surface area contributed by atoms with Gasteiger partial charge in [-0.25, -0.2) is 0 Å². The van der Waals surface area contributed by atoms with Gasteiger partial charge in [-0.1, -0.05) is 42.5 Å². The average Bonchev–Trinajstić information content (AvgIpc) is 2.93. The second kappa shape index (κ2) is 12.6. The molecule has 1 unspecified atom stereocenters. The fourth-order valence-corrected chi connectivity index (χ4v) is 4.78. The molecule has 0 aliphatic carbocycles. The van der Waals surface area contributed by atoms with Crippen molar-refractivity contribution in [3.63, 3.8) is 0 Å². The third-order valence-corrected chi connectivity index (χ3v) is 6.74. The van der Waals surface area contributed by atoms with Gasteiger partial charge < -0.3 is 20.7 Å². The molecule has 0 aromatic heterocycles. The monoisotopic (exact) mass is 525 g/mol. The van der Waals surface area contributed by atoms with Gasteiger partial charge in [0.15, 0.2) is 0 Å². The summed E-state index contributed by atoms with van der Waals surface area (Å²) in [5, 5.41) is 8.04. The summed E-state index contributed by atoms with van der Waals surface area (Å²) in [6.07, 6.45) is 0. The number of anilines is 3. The van der Waals surface area contributed by atoms with E-state index in [0.29, 0.717) is 28.4 Å². The maximum absolute atomic E-state index is 13.4. The second-order valence-electron chi connectivity index (χ2n) is 8.37. The second-order valence-corrected chi connectivity index (χ2v) is 9.55. The Balaban J connectivity index is 1.51. The van der Waals surface area contributed by atoms with Crippen LogP contribution in [0, 0.1) is 0 Å². The SMILES string of the molecule is COc1cccc(C(=O)Nc2cccc(SC(C(=O)Nc3ccc(NC(C)=O)cc3)c3ccccc3)c2)c1. The van der Waals surface area contributed by atoms with Crippen LogP contribution in [0.5, 0.6) is 5.75 Å². The van der Waals surface area contributed by atoms with Crippen LogP contribution in [0.3, 0.4) is 0 Å². The number of hydrogen-bond donors (Lipinski definition) is 3. The molecule has 0 bridgehead atoms. The van der Waals surface area contributed by atoms with Crippen LogP contribution in [0.25, 0.3) is 0 Å². The predicted octanol–water partition coefficient (Wildman–Crippen LogP) is 6.38. The molecule has 0 fully saturated rings. The molecule has 38 heavy (non-hydrogen) atoms. The summed E-state index contributed by atoms with van der Waals surface area (Å²) in [6, 6.07) is 30.8. The quantitative estimate of drug-likeness (QED) is 0.220. The smallest absolute Gasteiger partial charge is 0.255 e. The fourth-order valence-electron chi connectivity index (χ4n) is 3.70. The highest BCUT2D eigenvalue weighted by molar-refractivity contribution is 8.00. The summed E-state index contributed by atoms with van der Waals surface area (Å²) in [5.74, 6) is -0.0157. The number of benzene rings is 4. The van der Waals surface area contributed by atoms with Crippen LogP contribution >= 0.6 is 11.8 Å². The van der Waals surface area contributed by atoms with E-state index in [4.69, 9.17) is 4.74 Å². The maximum atomic E-state index is 13.4. The van der Waals surface area contributed by atoms with Gasteiger partial charge >= 0.3 is 0 Å². The van der Waals surface area contributed by atoms with Crippen molar-refractivity contribution in [1.29, 1.82) is 0 Å². The highest BCUT2D eigenvalue weighted by atomic mass is 32.2. The number of nitrogens with one attached hydrogen (secondary N) is 3. The van der Waals surface area contributed by atoms with E-state index in [1.807, 2.05) is 48.5 Å². The van der Waals surface area contributed by atoms with Crippen molar-refractivity contribution >= 4 is 46.5 Å². The number of thioether (sulfide) groups is 1.